The summed E-state index contributed by atoms with van der Waals surface area (Å²) >= 11 is 0. The molecule has 0 saturated heterocycles. The molecule has 0 saturated carbocycles. The lowest BCUT2D eigenvalue weighted by atomic mass is 9.98. The predicted octanol–water partition coefficient (Wildman–Crippen LogP) is 3.93. The number of hydrazine groups is 1. The number of nitrogens with two attached hydrogens (primary N) is 1. The van der Waals surface area contributed by atoms with Crippen molar-refractivity contribution in [1.29, 1.82) is 0 Å². The monoisotopic (exact) mass is 376 g/mol. The van der Waals surface area contributed by atoms with Crippen LogP contribution in [0.5, 0.6) is 11.5 Å². The number of allylic oxidation sites excluding steroid dienone is 3. The lowest BCUT2D eigenvalue weighted by molar-refractivity contribution is -0.137. The molecule has 0 aromatic heterocycles. The van der Waals surface area contributed by atoms with Crippen LogP contribution in [0.1, 0.15) is 11.1 Å². The highest BCUT2D eigenvalue weighted by molar-refractivity contribution is 6.16. The van der Waals surface area contributed by atoms with Crippen molar-refractivity contribution in [2.75, 3.05) is 12.2 Å². The van der Waals surface area contributed by atoms with E-state index in [1.54, 1.807) is 12.2 Å². The molecule has 1 aliphatic carbocycles. The number of carbonyl (C=O) groups excluding carboxylic acids is 1. The van der Waals surface area contributed by atoms with Gasteiger partial charge < -0.3 is 14.9 Å². The Morgan fingerprint density at radius 1 is 1.04 bits per heavy atom. The molecule has 8 heteroatoms. The Morgan fingerprint density at radius 3 is 2.44 bits per heavy atom. The van der Waals surface area contributed by atoms with Gasteiger partial charge in [0.25, 0.3) is 0 Å². The van der Waals surface area contributed by atoms with Crippen molar-refractivity contribution >= 4 is 17.5 Å². The summed E-state index contributed by atoms with van der Waals surface area (Å²) in [6, 6.07) is 10.3. The number of alkyl halides is 3. The summed E-state index contributed by atoms with van der Waals surface area (Å²) in [5.74, 6) is 6.51. The zero-order chi connectivity index (χ0) is 19.4. The van der Waals surface area contributed by atoms with Gasteiger partial charge in [0, 0.05) is 11.3 Å². The minimum absolute atomic E-state index is 0.0765. The van der Waals surface area contributed by atoms with Crippen LogP contribution in [0.15, 0.2) is 60.2 Å². The van der Waals surface area contributed by atoms with Crippen LogP contribution >= 0.6 is 0 Å². The summed E-state index contributed by atoms with van der Waals surface area (Å²) in [4.78, 5) is 11.1. The minimum Gasteiger partial charge on any atom is -0.454 e. The average molecular weight is 376 g/mol. The fourth-order valence-electron chi connectivity index (χ4n) is 2.33. The van der Waals surface area contributed by atoms with Gasteiger partial charge in [-0.15, -0.1) is 0 Å². The Bertz CT molecular complexity index is 921. The highest BCUT2D eigenvalue weighted by atomic mass is 19.4. The Morgan fingerprint density at radius 2 is 1.81 bits per heavy atom. The molecule has 1 heterocycles. The van der Waals surface area contributed by atoms with Crippen molar-refractivity contribution in [3.63, 3.8) is 0 Å². The molecule has 140 valence electrons. The normalized spacial score (nSPS) is 15.9. The van der Waals surface area contributed by atoms with E-state index < -0.39 is 11.7 Å². The highest BCUT2D eigenvalue weighted by Crippen LogP contribution is 2.33. The molecule has 5 nitrogen and oxygen atoms in total. The maximum atomic E-state index is 12.0. The molecule has 0 amide bonds. The maximum absolute atomic E-state index is 12.0. The molecule has 27 heavy (non-hydrogen) atoms. The summed E-state index contributed by atoms with van der Waals surface area (Å²) < 4.78 is 46.5. The largest absolute Gasteiger partial charge is 0.454 e. The number of carbonyl (C=O) groups is 1. The fraction of sp³-hybridized carbons (Fsp3) is 0.105. The van der Waals surface area contributed by atoms with E-state index in [-0.39, 0.29) is 18.3 Å². The number of ketones is 1. The van der Waals surface area contributed by atoms with Gasteiger partial charge in [-0.05, 0) is 54.1 Å². The average Bonchev–Trinajstić information content (AvgIpc) is 3.12. The van der Waals surface area contributed by atoms with Crippen LogP contribution in [0, 0.1) is 0 Å². The number of ether oxygens (including phenoxy) is 2. The van der Waals surface area contributed by atoms with Crippen LogP contribution < -0.4 is 20.7 Å². The fourth-order valence-corrected chi connectivity index (χ4v) is 2.33. The third-order valence-corrected chi connectivity index (χ3v) is 3.77. The van der Waals surface area contributed by atoms with Crippen LogP contribution in [0.2, 0.25) is 0 Å². The third-order valence-electron chi connectivity index (χ3n) is 3.77. The summed E-state index contributed by atoms with van der Waals surface area (Å²) in [7, 11) is 0. The number of fused-ring (bicyclic) bond motifs is 1. The van der Waals surface area contributed by atoms with Gasteiger partial charge in [0.2, 0.25) is 6.79 Å². The van der Waals surface area contributed by atoms with E-state index in [4.69, 9.17) is 15.3 Å². The molecule has 3 N–H and O–H groups in total. The second kappa shape index (κ2) is 7.55. The summed E-state index contributed by atoms with van der Waals surface area (Å²) in [6.45, 7) is 0.272. The van der Waals surface area contributed by atoms with Crippen LogP contribution in [0.4, 0.5) is 18.9 Å². The van der Waals surface area contributed by atoms with Crippen molar-refractivity contribution in [3.8, 4) is 11.5 Å². The Kier molecular flexibility index (Phi) is 5.18. The molecular formula is C19H15F3N2O3. The molecule has 0 fully saturated rings. The topological polar surface area (TPSA) is 73.6 Å². The molecule has 2 aromatic rings. The number of nitrogen functional groups attached to an aromatic ring is 1. The standard InChI is InChI=1S/C12H8O3.C7H7F3N2/c13-10-3-2-9(10)5-8-1-4-11-12(6-8)15-7-14-11;8-7(9,10)5-2-1-3-6(4-5)12-11/h1-6H,7H2;1-4,12H,11H2. The summed E-state index contributed by atoms with van der Waals surface area (Å²) in [5.41, 5.74) is 3.35. The van der Waals surface area contributed by atoms with Crippen molar-refractivity contribution in [2.45, 2.75) is 6.18 Å². The highest BCUT2D eigenvalue weighted by Gasteiger charge is 2.30. The van der Waals surface area contributed by atoms with Crippen molar-refractivity contribution < 1.29 is 27.4 Å². The number of benzene rings is 2. The molecule has 0 spiro atoms. The first-order valence-corrected chi connectivity index (χ1v) is 7.84. The lowest BCUT2D eigenvalue weighted by Crippen LogP contribution is -2.09. The van der Waals surface area contributed by atoms with Crippen LogP contribution in [0.3, 0.4) is 0 Å². The van der Waals surface area contributed by atoms with E-state index in [9.17, 15) is 18.0 Å². The quantitative estimate of drug-likeness (QED) is 0.472. The van der Waals surface area contributed by atoms with Gasteiger partial charge in [-0.25, -0.2) is 0 Å². The molecule has 2 aliphatic rings. The van der Waals surface area contributed by atoms with E-state index >= 15 is 0 Å². The predicted molar refractivity (Wildman–Crippen MR) is 93.9 cm³/mol. The van der Waals surface area contributed by atoms with E-state index in [0.717, 1.165) is 34.8 Å². The van der Waals surface area contributed by atoms with Gasteiger partial charge in [-0.2, -0.15) is 13.2 Å². The van der Waals surface area contributed by atoms with Gasteiger partial charge in [0.15, 0.2) is 17.3 Å². The first-order valence-electron chi connectivity index (χ1n) is 7.84. The zero-order valence-corrected chi connectivity index (χ0v) is 13.9. The molecule has 0 unspecified atom stereocenters. The number of nitrogens with one attached hydrogen (secondary N) is 1. The van der Waals surface area contributed by atoms with Crippen LogP contribution in [-0.2, 0) is 11.0 Å². The molecule has 2 aromatic carbocycles. The summed E-state index contributed by atoms with van der Waals surface area (Å²) in [5, 5.41) is 0. The molecule has 0 atom stereocenters. The third kappa shape index (κ3) is 4.48. The van der Waals surface area contributed by atoms with E-state index in [2.05, 4.69) is 5.43 Å². The van der Waals surface area contributed by atoms with Crippen molar-refractivity contribution in [1.82, 2.24) is 0 Å². The molecule has 0 bridgehead atoms. The Hall–Kier alpha value is -3.26. The first kappa shape index (κ1) is 18.5. The lowest BCUT2D eigenvalue weighted by Gasteiger charge is -2.07. The van der Waals surface area contributed by atoms with Crippen LogP contribution in [0.25, 0.3) is 6.08 Å². The Labute approximate surface area is 152 Å². The van der Waals surface area contributed by atoms with Crippen molar-refractivity contribution in [3.05, 3.63) is 71.3 Å². The number of hydrogen-bond acceptors (Lipinski definition) is 5. The molecular weight excluding hydrogens is 361 g/mol. The smallest absolute Gasteiger partial charge is 0.416 e. The van der Waals surface area contributed by atoms with Gasteiger partial charge in [-0.3, -0.25) is 10.6 Å². The first-order chi connectivity index (χ1) is 12.9. The van der Waals surface area contributed by atoms with E-state index in [1.807, 2.05) is 24.3 Å². The SMILES string of the molecule is NNc1cccc(C(F)(F)F)c1.O=C1C=CC1=Cc1ccc2c(c1)OCO2. The summed E-state index contributed by atoms with van der Waals surface area (Å²) in [6.07, 6.45) is 0.878. The van der Waals surface area contributed by atoms with Gasteiger partial charge in [0.05, 0.1) is 5.56 Å². The molecule has 1 aliphatic heterocycles. The number of hydrogen-bond donors (Lipinski definition) is 2. The molecule has 4 rings (SSSR count). The van der Waals surface area contributed by atoms with Crippen molar-refractivity contribution in [2.24, 2.45) is 5.84 Å². The number of anilines is 1. The second-order valence-corrected chi connectivity index (χ2v) is 5.63. The number of rotatable bonds is 2. The number of halogens is 3. The Balaban J connectivity index is 0.000000161. The second-order valence-electron chi connectivity index (χ2n) is 5.63. The van der Waals surface area contributed by atoms with Gasteiger partial charge in [-0.1, -0.05) is 12.1 Å². The van der Waals surface area contributed by atoms with Gasteiger partial charge in [0.1, 0.15) is 0 Å². The van der Waals surface area contributed by atoms with E-state index in [0.29, 0.717) is 0 Å². The minimum atomic E-state index is -4.31. The van der Waals surface area contributed by atoms with E-state index in [1.165, 1.54) is 12.1 Å². The van der Waals surface area contributed by atoms with Crippen LogP contribution in [-0.4, -0.2) is 12.6 Å². The van der Waals surface area contributed by atoms with Gasteiger partial charge >= 0.3 is 6.18 Å². The maximum Gasteiger partial charge on any atom is 0.416 e. The molecule has 0 radical (unpaired) electrons. The zero-order valence-electron chi connectivity index (χ0n) is 13.9.